The van der Waals surface area contributed by atoms with Gasteiger partial charge in [-0.3, -0.25) is 4.42 Å². The Kier molecular flexibility index (Phi) is 1.28. The first-order valence-corrected chi connectivity index (χ1v) is 3.52. The van der Waals surface area contributed by atoms with Crippen molar-refractivity contribution in [2.45, 2.75) is 6.42 Å². The SMILES string of the molecule is C1=c2ccccc2=[O+]CC1. The van der Waals surface area contributed by atoms with E-state index in [4.69, 9.17) is 4.42 Å². The van der Waals surface area contributed by atoms with Gasteiger partial charge in [-0.05, 0) is 6.07 Å². The maximum absolute atomic E-state index is 5.39. The Balaban J connectivity index is 2.84. The molecule has 0 radical (unpaired) electrons. The zero-order valence-corrected chi connectivity index (χ0v) is 5.71. The Morgan fingerprint density at radius 1 is 1.20 bits per heavy atom. The lowest BCUT2D eigenvalue weighted by atomic mass is 10.2. The second-order valence-corrected chi connectivity index (χ2v) is 2.38. The minimum absolute atomic E-state index is 0.830. The summed E-state index contributed by atoms with van der Waals surface area (Å²) in [4.78, 5) is 0. The van der Waals surface area contributed by atoms with E-state index < -0.39 is 0 Å². The minimum atomic E-state index is 0.830. The van der Waals surface area contributed by atoms with Crippen molar-refractivity contribution < 1.29 is 0 Å². The molecular weight excluding hydrogens is 124 g/mol. The van der Waals surface area contributed by atoms with Crippen LogP contribution < -0.4 is 10.6 Å². The average Bonchev–Trinajstić information content (AvgIpc) is 2.05. The van der Waals surface area contributed by atoms with Crippen molar-refractivity contribution in [2.24, 2.45) is 0 Å². The number of hydrogen-bond donors (Lipinski definition) is 0. The van der Waals surface area contributed by atoms with Gasteiger partial charge in [0.25, 0.3) is 6.61 Å². The fourth-order valence-corrected chi connectivity index (χ4v) is 1.16. The van der Waals surface area contributed by atoms with Crippen molar-refractivity contribution in [3.05, 3.63) is 39.3 Å². The van der Waals surface area contributed by atoms with Crippen LogP contribution in [0, 0.1) is 0 Å². The standard InChI is InChI=1S/C9H9O/c1-2-6-9-8(4-1)5-3-7-10-9/h1-2,4-6H,3,7H2/q+1. The molecule has 0 aliphatic carbocycles. The van der Waals surface area contributed by atoms with E-state index in [1.807, 2.05) is 18.2 Å². The van der Waals surface area contributed by atoms with Gasteiger partial charge in [0.2, 0.25) is 0 Å². The molecule has 0 N–H and O–H groups in total. The summed E-state index contributed by atoms with van der Waals surface area (Å²) in [5, 5.41) is 1.23. The highest BCUT2D eigenvalue weighted by molar-refractivity contribution is 5.27. The van der Waals surface area contributed by atoms with Gasteiger partial charge < -0.3 is 0 Å². The van der Waals surface area contributed by atoms with Crippen molar-refractivity contribution in [3.63, 3.8) is 0 Å². The van der Waals surface area contributed by atoms with Gasteiger partial charge in [-0.15, -0.1) is 0 Å². The molecule has 1 nitrogen and oxygen atoms in total. The molecule has 1 aromatic carbocycles. The van der Waals surface area contributed by atoms with Crippen molar-refractivity contribution in [1.82, 2.24) is 0 Å². The molecule has 0 atom stereocenters. The third kappa shape index (κ3) is 0.838. The van der Waals surface area contributed by atoms with Crippen molar-refractivity contribution in [3.8, 4) is 0 Å². The van der Waals surface area contributed by atoms with Crippen LogP contribution in [0.25, 0.3) is 6.08 Å². The van der Waals surface area contributed by atoms with Gasteiger partial charge >= 0.3 is 5.43 Å². The van der Waals surface area contributed by atoms with E-state index in [1.54, 1.807) is 0 Å². The maximum Gasteiger partial charge on any atom is 0.350 e. The zero-order chi connectivity index (χ0) is 6.81. The third-order valence-electron chi connectivity index (χ3n) is 1.66. The van der Waals surface area contributed by atoms with Gasteiger partial charge in [-0.2, -0.15) is 0 Å². The summed E-state index contributed by atoms with van der Waals surface area (Å²) in [6.45, 7) is 0.830. The van der Waals surface area contributed by atoms with Crippen LogP contribution in [-0.2, 0) is 0 Å². The van der Waals surface area contributed by atoms with Gasteiger partial charge in [0.1, 0.15) is 0 Å². The minimum Gasteiger partial charge on any atom is -0.254 e. The number of hydrogen-bond acceptors (Lipinski definition) is 0. The molecule has 2 rings (SSSR count). The zero-order valence-electron chi connectivity index (χ0n) is 5.71. The molecule has 0 saturated heterocycles. The molecule has 1 aliphatic rings. The molecule has 0 saturated carbocycles. The van der Waals surface area contributed by atoms with Crippen LogP contribution in [0.15, 0.2) is 28.7 Å². The van der Waals surface area contributed by atoms with Crippen LogP contribution in [0.3, 0.4) is 0 Å². The van der Waals surface area contributed by atoms with Crippen LogP contribution in [-0.4, -0.2) is 6.61 Å². The normalized spacial score (nSPS) is 14.8. The first-order valence-electron chi connectivity index (χ1n) is 3.52. The smallest absolute Gasteiger partial charge is 0.254 e. The molecule has 1 aliphatic heterocycles. The highest BCUT2D eigenvalue weighted by Gasteiger charge is 2.01. The lowest BCUT2D eigenvalue weighted by molar-refractivity contribution is 1.10. The first-order chi connectivity index (χ1) is 4.97. The average molecular weight is 133 g/mol. The monoisotopic (exact) mass is 133 g/mol. The fraction of sp³-hybridized carbons (Fsp3) is 0.222. The van der Waals surface area contributed by atoms with Crippen LogP contribution in [0.4, 0.5) is 0 Å². The molecule has 10 heavy (non-hydrogen) atoms. The summed E-state index contributed by atoms with van der Waals surface area (Å²) >= 11 is 0. The second-order valence-electron chi connectivity index (χ2n) is 2.38. The predicted octanol–water partition coefficient (Wildman–Crippen LogP) is 0.486. The summed E-state index contributed by atoms with van der Waals surface area (Å²) in [6.07, 6.45) is 3.25. The number of rotatable bonds is 0. The molecule has 0 aromatic heterocycles. The van der Waals surface area contributed by atoms with E-state index in [0.717, 1.165) is 18.5 Å². The molecular formula is C9H9O+. The summed E-state index contributed by atoms with van der Waals surface area (Å²) < 4.78 is 5.39. The van der Waals surface area contributed by atoms with Crippen LogP contribution in [0.1, 0.15) is 6.42 Å². The lowest BCUT2D eigenvalue weighted by Gasteiger charge is -1.86. The largest absolute Gasteiger partial charge is 0.350 e. The summed E-state index contributed by atoms with van der Waals surface area (Å²) in [5.41, 5.74) is 1.02. The van der Waals surface area contributed by atoms with E-state index in [-0.39, 0.29) is 0 Å². The lowest BCUT2D eigenvalue weighted by Crippen LogP contribution is -2.27. The van der Waals surface area contributed by atoms with Gasteiger partial charge in [0, 0.05) is 6.07 Å². The Labute approximate surface area is 59.3 Å². The van der Waals surface area contributed by atoms with Crippen LogP contribution in [0.5, 0.6) is 0 Å². The molecule has 0 unspecified atom stereocenters. The van der Waals surface area contributed by atoms with Gasteiger partial charge in [-0.1, -0.05) is 18.2 Å². The van der Waals surface area contributed by atoms with E-state index in [0.29, 0.717) is 0 Å². The van der Waals surface area contributed by atoms with E-state index >= 15 is 0 Å². The Bertz CT molecular complexity index is 303. The molecule has 1 aromatic rings. The summed E-state index contributed by atoms with van der Waals surface area (Å²) in [7, 11) is 0. The highest BCUT2D eigenvalue weighted by Crippen LogP contribution is 1.85. The number of benzene rings is 1. The van der Waals surface area contributed by atoms with Gasteiger partial charge in [-0.25, -0.2) is 0 Å². The van der Waals surface area contributed by atoms with Gasteiger partial charge in [0.05, 0.1) is 11.6 Å². The first kappa shape index (κ1) is 5.66. The Hall–Kier alpha value is -1.11. The molecule has 1 heteroatoms. The maximum atomic E-state index is 5.39. The number of para-hydroxylation sites is 1. The van der Waals surface area contributed by atoms with E-state index in [1.165, 1.54) is 5.22 Å². The Morgan fingerprint density at radius 2 is 2.10 bits per heavy atom. The molecule has 50 valence electrons. The van der Waals surface area contributed by atoms with Crippen molar-refractivity contribution >= 4 is 6.08 Å². The Morgan fingerprint density at radius 3 is 3.00 bits per heavy atom. The molecule has 0 fully saturated rings. The van der Waals surface area contributed by atoms with Crippen LogP contribution >= 0.6 is 0 Å². The predicted molar refractivity (Wildman–Crippen MR) is 41.9 cm³/mol. The number of fused-ring (bicyclic) bond motifs is 1. The van der Waals surface area contributed by atoms with E-state index in [9.17, 15) is 0 Å². The van der Waals surface area contributed by atoms with Crippen molar-refractivity contribution in [1.29, 1.82) is 0 Å². The molecule has 1 heterocycles. The third-order valence-corrected chi connectivity index (χ3v) is 1.66. The summed E-state index contributed by atoms with van der Waals surface area (Å²) in [6, 6.07) is 8.11. The quantitative estimate of drug-likeness (QED) is 0.456. The van der Waals surface area contributed by atoms with E-state index in [2.05, 4.69) is 12.1 Å². The van der Waals surface area contributed by atoms with Gasteiger partial charge in [0.15, 0.2) is 0 Å². The second kappa shape index (κ2) is 2.25. The molecule has 0 bridgehead atoms. The topological polar surface area (TPSA) is 11.3 Å². The highest BCUT2D eigenvalue weighted by atomic mass is 16.4. The van der Waals surface area contributed by atoms with Crippen molar-refractivity contribution in [2.75, 3.05) is 6.61 Å². The fourth-order valence-electron chi connectivity index (χ4n) is 1.16. The molecule has 0 amide bonds. The molecule has 0 spiro atoms. The summed E-state index contributed by atoms with van der Waals surface area (Å²) in [5.74, 6) is 0. The van der Waals surface area contributed by atoms with Crippen LogP contribution in [0.2, 0.25) is 0 Å².